The van der Waals surface area contributed by atoms with Crippen molar-refractivity contribution in [1.82, 2.24) is 4.90 Å². The summed E-state index contributed by atoms with van der Waals surface area (Å²) in [5, 5.41) is 0. The van der Waals surface area contributed by atoms with Gasteiger partial charge in [-0.25, -0.2) is 4.39 Å². The van der Waals surface area contributed by atoms with Crippen LogP contribution in [0.4, 0.5) is 15.8 Å². The van der Waals surface area contributed by atoms with Crippen molar-refractivity contribution < 1.29 is 4.39 Å². The number of nitrogens with two attached hydrogens (primary N) is 1. The Morgan fingerprint density at radius 1 is 1.42 bits per heavy atom. The van der Waals surface area contributed by atoms with Gasteiger partial charge < -0.3 is 15.5 Å². The average Bonchev–Trinajstić information content (AvgIpc) is 2.55. The summed E-state index contributed by atoms with van der Waals surface area (Å²) in [7, 11) is 2.15. The number of rotatable bonds is 2. The normalized spacial score (nSPS) is 21.5. The highest BCUT2D eigenvalue weighted by atomic mass is 79.9. The van der Waals surface area contributed by atoms with Crippen LogP contribution >= 0.6 is 15.9 Å². The minimum Gasteiger partial charge on any atom is -0.397 e. The SMILES string of the molecule is CCC1CN(C)CCCN1c1cc(Br)c(F)cc1N. The first-order chi connectivity index (χ1) is 9.02. The molecule has 0 spiro atoms. The summed E-state index contributed by atoms with van der Waals surface area (Å²) >= 11 is 3.25. The molecule has 2 rings (SSSR count). The Bertz CT molecular complexity index is 453. The topological polar surface area (TPSA) is 32.5 Å². The van der Waals surface area contributed by atoms with Crippen LogP contribution in [0.1, 0.15) is 19.8 Å². The summed E-state index contributed by atoms with van der Waals surface area (Å²) in [4.78, 5) is 4.67. The van der Waals surface area contributed by atoms with E-state index in [9.17, 15) is 4.39 Å². The molecule has 0 saturated carbocycles. The summed E-state index contributed by atoms with van der Waals surface area (Å²) in [6, 6.07) is 3.63. The minimum absolute atomic E-state index is 0.304. The number of halogens is 2. The molecule has 106 valence electrons. The molecule has 3 nitrogen and oxygen atoms in total. The van der Waals surface area contributed by atoms with Crippen molar-refractivity contribution in [3.63, 3.8) is 0 Å². The van der Waals surface area contributed by atoms with E-state index in [-0.39, 0.29) is 5.82 Å². The molecule has 5 heteroatoms. The third kappa shape index (κ3) is 3.20. The van der Waals surface area contributed by atoms with Crippen LogP contribution in [-0.4, -0.2) is 37.6 Å². The van der Waals surface area contributed by atoms with E-state index in [1.807, 2.05) is 0 Å². The van der Waals surface area contributed by atoms with E-state index >= 15 is 0 Å². The molecule has 1 aliphatic heterocycles. The van der Waals surface area contributed by atoms with Gasteiger partial charge in [0, 0.05) is 25.2 Å². The fourth-order valence-corrected chi connectivity index (χ4v) is 3.04. The maximum Gasteiger partial charge on any atom is 0.139 e. The maximum atomic E-state index is 13.5. The molecule has 1 saturated heterocycles. The smallest absolute Gasteiger partial charge is 0.139 e. The van der Waals surface area contributed by atoms with E-state index in [1.165, 1.54) is 6.07 Å². The van der Waals surface area contributed by atoms with Crippen LogP contribution in [0.2, 0.25) is 0 Å². The van der Waals surface area contributed by atoms with E-state index in [2.05, 4.69) is 39.7 Å². The van der Waals surface area contributed by atoms with E-state index in [0.717, 1.165) is 38.2 Å². The Morgan fingerprint density at radius 2 is 2.16 bits per heavy atom. The zero-order valence-corrected chi connectivity index (χ0v) is 13.1. The van der Waals surface area contributed by atoms with Gasteiger partial charge in [0.1, 0.15) is 5.82 Å². The number of hydrogen-bond acceptors (Lipinski definition) is 3. The van der Waals surface area contributed by atoms with Gasteiger partial charge in [0.15, 0.2) is 0 Å². The molecule has 1 heterocycles. The summed E-state index contributed by atoms with van der Waals surface area (Å²) in [6.07, 6.45) is 2.15. The van der Waals surface area contributed by atoms with Crippen molar-refractivity contribution in [2.45, 2.75) is 25.8 Å². The number of likely N-dealkylation sites (N-methyl/N-ethyl adjacent to an activating group) is 1. The van der Waals surface area contributed by atoms with E-state index in [4.69, 9.17) is 5.73 Å². The standard InChI is InChI=1S/C14H21BrFN3/c1-3-10-9-18(2)5-4-6-19(10)14-7-11(15)12(16)8-13(14)17/h7-8,10H,3-6,9,17H2,1-2H3. The fraction of sp³-hybridized carbons (Fsp3) is 0.571. The predicted molar refractivity (Wildman–Crippen MR) is 82.1 cm³/mol. The van der Waals surface area contributed by atoms with Crippen molar-refractivity contribution in [2.75, 3.05) is 37.3 Å². The van der Waals surface area contributed by atoms with Gasteiger partial charge in [0.25, 0.3) is 0 Å². The molecule has 2 N–H and O–H groups in total. The lowest BCUT2D eigenvalue weighted by Gasteiger charge is -2.33. The second-order valence-corrected chi connectivity index (χ2v) is 6.05. The third-order valence-electron chi connectivity index (χ3n) is 3.75. The van der Waals surface area contributed by atoms with Gasteiger partial charge in [-0.05, 0) is 48.4 Å². The van der Waals surface area contributed by atoms with Crippen molar-refractivity contribution in [2.24, 2.45) is 0 Å². The Labute approximate surface area is 122 Å². The molecule has 1 atom stereocenters. The zero-order chi connectivity index (χ0) is 14.0. The van der Waals surface area contributed by atoms with Crippen LogP contribution in [0.5, 0.6) is 0 Å². The van der Waals surface area contributed by atoms with Crippen molar-refractivity contribution >= 4 is 27.3 Å². The predicted octanol–water partition coefficient (Wildman–Crippen LogP) is 3.09. The molecule has 1 aromatic rings. The lowest BCUT2D eigenvalue weighted by atomic mass is 10.1. The first kappa shape index (κ1) is 14.6. The highest BCUT2D eigenvalue weighted by Gasteiger charge is 2.24. The molecular formula is C14H21BrFN3. The van der Waals surface area contributed by atoms with Gasteiger partial charge in [-0.15, -0.1) is 0 Å². The molecule has 1 unspecified atom stereocenters. The largest absolute Gasteiger partial charge is 0.397 e. The van der Waals surface area contributed by atoms with Gasteiger partial charge in [-0.2, -0.15) is 0 Å². The lowest BCUT2D eigenvalue weighted by Crippen LogP contribution is -2.40. The first-order valence-corrected chi connectivity index (χ1v) is 7.52. The Balaban J connectivity index is 2.35. The molecular weight excluding hydrogens is 309 g/mol. The highest BCUT2D eigenvalue weighted by Crippen LogP contribution is 2.32. The van der Waals surface area contributed by atoms with Crippen molar-refractivity contribution in [1.29, 1.82) is 0 Å². The van der Waals surface area contributed by atoms with Crippen molar-refractivity contribution in [3.05, 3.63) is 22.4 Å². The van der Waals surface area contributed by atoms with Crippen LogP contribution in [0.15, 0.2) is 16.6 Å². The minimum atomic E-state index is -0.304. The molecule has 0 bridgehead atoms. The summed E-state index contributed by atoms with van der Waals surface area (Å²) in [5.41, 5.74) is 7.47. The van der Waals surface area contributed by atoms with E-state index < -0.39 is 0 Å². The molecule has 19 heavy (non-hydrogen) atoms. The number of nitrogen functional groups attached to an aromatic ring is 1. The Hall–Kier alpha value is -0.810. The molecule has 0 amide bonds. The molecule has 1 fully saturated rings. The van der Waals surface area contributed by atoms with Gasteiger partial charge in [-0.3, -0.25) is 0 Å². The number of nitrogens with zero attached hydrogens (tertiary/aromatic N) is 2. The Morgan fingerprint density at radius 3 is 2.84 bits per heavy atom. The van der Waals surface area contributed by atoms with Gasteiger partial charge in [-0.1, -0.05) is 6.92 Å². The van der Waals surface area contributed by atoms with Crippen molar-refractivity contribution in [3.8, 4) is 0 Å². The van der Waals surface area contributed by atoms with Crippen LogP contribution in [0.25, 0.3) is 0 Å². The average molecular weight is 330 g/mol. The Kier molecular flexibility index (Phi) is 4.68. The monoisotopic (exact) mass is 329 g/mol. The molecule has 1 aromatic carbocycles. The van der Waals surface area contributed by atoms with Gasteiger partial charge in [0.05, 0.1) is 15.8 Å². The maximum absolute atomic E-state index is 13.5. The van der Waals surface area contributed by atoms with Crippen LogP contribution in [-0.2, 0) is 0 Å². The highest BCUT2D eigenvalue weighted by molar-refractivity contribution is 9.10. The molecule has 0 radical (unpaired) electrons. The second kappa shape index (κ2) is 6.09. The molecule has 0 aromatic heterocycles. The van der Waals surface area contributed by atoms with E-state index in [1.54, 1.807) is 6.07 Å². The third-order valence-corrected chi connectivity index (χ3v) is 4.36. The molecule has 1 aliphatic rings. The van der Waals surface area contributed by atoms with Gasteiger partial charge >= 0.3 is 0 Å². The van der Waals surface area contributed by atoms with Gasteiger partial charge in [0.2, 0.25) is 0 Å². The van der Waals surface area contributed by atoms with Crippen LogP contribution in [0.3, 0.4) is 0 Å². The number of benzene rings is 1. The molecule has 0 aliphatic carbocycles. The lowest BCUT2D eigenvalue weighted by molar-refractivity contribution is 0.328. The number of hydrogen-bond donors (Lipinski definition) is 1. The first-order valence-electron chi connectivity index (χ1n) is 6.72. The van der Waals surface area contributed by atoms with E-state index in [0.29, 0.717) is 16.2 Å². The summed E-state index contributed by atoms with van der Waals surface area (Å²) in [5.74, 6) is -0.304. The fourth-order valence-electron chi connectivity index (χ4n) is 2.71. The quantitative estimate of drug-likeness (QED) is 0.846. The summed E-state index contributed by atoms with van der Waals surface area (Å²) in [6.45, 7) is 5.26. The zero-order valence-electron chi connectivity index (χ0n) is 11.5. The van der Waals surface area contributed by atoms with Crippen LogP contribution < -0.4 is 10.6 Å². The second-order valence-electron chi connectivity index (χ2n) is 5.20. The number of anilines is 2. The summed E-state index contributed by atoms with van der Waals surface area (Å²) < 4.78 is 14.0. The van der Waals surface area contributed by atoms with Crippen LogP contribution in [0, 0.1) is 5.82 Å².